The highest BCUT2D eigenvalue weighted by atomic mass is 32.1. The molecule has 0 aliphatic carbocycles. The molecular weight excluding hydrogens is 473 g/mol. The van der Waals surface area contributed by atoms with E-state index in [1.807, 2.05) is 84.0 Å². The number of nitrogens with zero attached hydrogens (tertiary/aromatic N) is 3. The van der Waals surface area contributed by atoms with Crippen molar-refractivity contribution in [2.75, 3.05) is 11.9 Å². The van der Waals surface area contributed by atoms with E-state index in [0.717, 1.165) is 28.3 Å². The van der Waals surface area contributed by atoms with Gasteiger partial charge in [-0.25, -0.2) is 4.39 Å². The van der Waals surface area contributed by atoms with Gasteiger partial charge in [-0.2, -0.15) is 0 Å². The lowest BCUT2D eigenvalue weighted by Crippen LogP contribution is -2.37. The van der Waals surface area contributed by atoms with E-state index in [-0.39, 0.29) is 30.4 Å². The number of carbonyl (C=O) groups is 1. The standard InChI is InChI=1S/C28H26FN5OS/c1-18-16-21(19(2)34(18)24-14-7-6-12-22(24)29)27-26(23-13-8-9-15-30-23)32-28(36)33(27)17-25(35)31-20-10-4-3-5-11-20/h3-16,26-27H,17H2,1-2H3,(H,31,35)(H,32,36)/t26-,27-/m0/s1. The number of carbonyl (C=O) groups excluding carboxylic acids is 1. The summed E-state index contributed by atoms with van der Waals surface area (Å²) in [5.74, 6) is -0.480. The van der Waals surface area contributed by atoms with Gasteiger partial charge in [0.15, 0.2) is 5.11 Å². The number of anilines is 1. The van der Waals surface area contributed by atoms with Crippen molar-refractivity contribution in [3.63, 3.8) is 0 Å². The molecule has 182 valence electrons. The summed E-state index contributed by atoms with van der Waals surface area (Å²) in [6.07, 6.45) is 1.74. The van der Waals surface area contributed by atoms with E-state index in [1.54, 1.807) is 18.3 Å². The van der Waals surface area contributed by atoms with Crippen LogP contribution < -0.4 is 10.6 Å². The van der Waals surface area contributed by atoms with E-state index in [4.69, 9.17) is 12.2 Å². The summed E-state index contributed by atoms with van der Waals surface area (Å²) in [4.78, 5) is 19.5. The number of aromatic nitrogens is 2. The summed E-state index contributed by atoms with van der Waals surface area (Å²) in [6, 6.07) is 23.2. The third-order valence-corrected chi connectivity index (χ3v) is 6.80. The van der Waals surface area contributed by atoms with Crippen molar-refractivity contribution < 1.29 is 9.18 Å². The van der Waals surface area contributed by atoms with Gasteiger partial charge in [0.1, 0.15) is 12.4 Å². The molecule has 0 spiro atoms. The molecule has 2 aromatic heterocycles. The van der Waals surface area contributed by atoms with E-state index in [1.165, 1.54) is 6.07 Å². The number of halogens is 1. The Bertz CT molecular complexity index is 1410. The van der Waals surface area contributed by atoms with Crippen LogP contribution >= 0.6 is 12.2 Å². The molecule has 1 fully saturated rings. The van der Waals surface area contributed by atoms with E-state index in [2.05, 4.69) is 15.6 Å². The lowest BCUT2D eigenvalue weighted by atomic mass is 9.96. The first-order chi connectivity index (χ1) is 17.4. The SMILES string of the molecule is Cc1cc([C@H]2[C@H](c3ccccn3)NC(=S)N2CC(=O)Nc2ccccc2)c(C)n1-c1ccccc1F. The Morgan fingerprint density at radius 1 is 1.06 bits per heavy atom. The zero-order chi connectivity index (χ0) is 25.2. The minimum absolute atomic E-state index is 0.0537. The normalized spacial score (nSPS) is 17.2. The number of pyridine rings is 1. The maximum Gasteiger partial charge on any atom is 0.244 e. The van der Waals surface area contributed by atoms with Gasteiger partial charge in [0.2, 0.25) is 5.91 Å². The van der Waals surface area contributed by atoms with Crippen LogP contribution in [-0.2, 0) is 4.79 Å². The fraction of sp³-hybridized carbons (Fsp3) is 0.179. The Balaban J connectivity index is 1.55. The van der Waals surface area contributed by atoms with Crippen LogP contribution in [0.3, 0.4) is 0 Å². The molecule has 5 rings (SSSR count). The molecule has 0 saturated carbocycles. The summed E-state index contributed by atoms with van der Waals surface area (Å²) in [5.41, 5.74) is 4.73. The molecule has 2 aromatic carbocycles. The van der Waals surface area contributed by atoms with Gasteiger partial charge < -0.3 is 20.1 Å². The quantitative estimate of drug-likeness (QED) is 0.355. The molecule has 4 aromatic rings. The first-order valence-corrected chi connectivity index (χ1v) is 12.1. The van der Waals surface area contributed by atoms with Crippen molar-refractivity contribution in [2.45, 2.75) is 25.9 Å². The van der Waals surface area contributed by atoms with Crippen LogP contribution in [0.2, 0.25) is 0 Å². The minimum Gasteiger partial charge on any atom is -0.352 e. The van der Waals surface area contributed by atoms with Crippen LogP contribution in [0.1, 0.15) is 34.7 Å². The molecule has 0 unspecified atom stereocenters. The van der Waals surface area contributed by atoms with Crippen LogP contribution in [0.15, 0.2) is 85.1 Å². The molecule has 8 heteroatoms. The van der Waals surface area contributed by atoms with Gasteiger partial charge in [0, 0.05) is 23.3 Å². The molecule has 1 aliphatic heterocycles. The Labute approximate surface area is 214 Å². The predicted octanol–water partition coefficient (Wildman–Crippen LogP) is 5.24. The second-order valence-corrected chi connectivity index (χ2v) is 9.17. The number of hydrogen-bond acceptors (Lipinski definition) is 3. The highest BCUT2D eigenvalue weighted by Gasteiger charge is 2.42. The predicted molar refractivity (Wildman–Crippen MR) is 142 cm³/mol. The zero-order valence-electron chi connectivity index (χ0n) is 20.0. The summed E-state index contributed by atoms with van der Waals surface area (Å²) < 4.78 is 16.7. The molecule has 2 atom stereocenters. The third-order valence-electron chi connectivity index (χ3n) is 6.45. The largest absolute Gasteiger partial charge is 0.352 e. The van der Waals surface area contributed by atoms with Crippen molar-refractivity contribution in [1.82, 2.24) is 19.8 Å². The van der Waals surface area contributed by atoms with E-state index >= 15 is 0 Å². The molecule has 3 heterocycles. The fourth-order valence-electron chi connectivity index (χ4n) is 4.88. The molecule has 0 radical (unpaired) electrons. The van der Waals surface area contributed by atoms with Crippen molar-refractivity contribution in [3.05, 3.63) is 114 Å². The van der Waals surface area contributed by atoms with Crippen molar-refractivity contribution in [2.24, 2.45) is 0 Å². The number of rotatable bonds is 6. The van der Waals surface area contributed by atoms with Crippen molar-refractivity contribution in [3.8, 4) is 5.69 Å². The summed E-state index contributed by atoms with van der Waals surface area (Å²) >= 11 is 5.72. The first kappa shape index (κ1) is 23.7. The van der Waals surface area contributed by atoms with Crippen LogP contribution in [-0.4, -0.2) is 32.0 Å². The zero-order valence-corrected chi connectivity index (χ0v) is 20.8. The molecule has 36 heavy (non-hydrogen) atoms. The van der Waals surface area contributed by atoms with Gasteiger partial charge in [0.05, 0.1) is 23.5 Å². The smallest absolute Gasteiger partial charge is 0.244 e. The molecule has 1 amide bonds. The third kappa shape index (κ3) is 4.47. The average Bonchev–Trinajstić information content (AvgIpc) is 3.35. The molecule has 1 saturated heterocycles. The fourth-order valence-corrected chi connectivity index (χ4v) is 5.19. The number of para-hydroxylation sites is 2. The van der Waals surface area contributed by atoms with Gasteiger partial charge >= 0.3 is 0 Å². The second kappa shape index (κ2) is 9.91. The van der Waals surface area contributed by atoms with E-state index in [9.17, 15) is 9.18 Å². The molecule has 0 bridgehead atoms. The number of amides is 1. The molecule has 2 N–H and O–H groups in total. The monoisotopic (exact) mass is 499 g/mol. The molecular formula is C28H26FN5OS. The lowest BCUT2D eigenvalue weighted by molar-refractivity contribution is -0.116. The topological polar surface area (TPSA) is 62.2 Å². The number of nitrogens with one attached hydrogen (secondary N) is 2. The minimum atomic E-state index is -0.319. The van der Waals surface area contributed by atoms with Crippen molar-refractivity contribution in [1.29, 1.82) is 0 Å². The van der Waals surface area contributed by atoms with Crippen LogP contribution in [0.4, 0.5) is 10.1 Å². The van der Waals surface area contributed by atoms with E-state index in [0.29, 0.717) is 10.8 Å². The van der Waals surface area contributed by atoms with Gasteiger partial charge in [-0.05, 0) is 74.1 Å². The molecule has 1 aliphatic rings. The van der Waals surface area contributed by atoms with Crippen LogP contribution in [0.5, 0.6) is 0 Å². The summed E-state index contributed by atoms with van der Waals surface area (Å²) in [5, 5.41) is 6.79. The van der Waals surface area contributed by atoms with Gasteiger partial charge in [-0.1, -0.05) is 36.4 Å². The van der Waals surface area contributed by atoms with Crippen LogP contribution in [0, 0.1) is 19.7 Å². The Morgan fingerprint density at radius 3 is 2.50 bits per heavy atom. The van der Waals surface area contributed by atoms with Gasteiger partial charge in [-0.3, -0.25) is 9.78 Å². The number of benzene rings is 2. The van der Waals surface area contributed by atoms with E-state index < -0.39 is 0 Å². The summed E-state index contributed by atoms with van der Waals surface area (Å²) in [6.45, 7) is 3.97. The average molecular weight is 500 g/mol. The second-order valence-electron chi connectivity index (χ2n) is 8.78. The summed E-state index contributed by atoms with van der Waals surface area (Å²) in [7, 11) is 0. The van der Waals surface area contributed by atoms with Gasteiger partial charge in [0.25, 0.3) is 0 Å². The van der Waals surface area contributed by atoms with Crippen molar-refractivity contribution >= 4 is 28.9 Å². The number of hydrogen-bond donors (Lipinski definition) is 2. The number of thiocarbonyl (C=S) groups is 1. The molecule has 6 nitrogen and oxygen atoms in total. The first-order valence-electron chi connectivity index (χ1n) is 11.7. The highest BCUT2D eigenvalue weighted by Crippen LogP contribution is 2.41. The maximum atomic E-state index is 14.8. The lowest BCUT2D eigenvalue weighted by Gasteiger charge is -2.27. The van der Waals surface area contributed by atoms with Gasteiger partial charge in [-0.15, -0.1) is 0 Å². The maximum absolute atomic E-state index is 14.8. The number of aryl methyl sites for hydroxylation is 1. The Kier molecular flexibility index (Phi) is 6.52. The Hall–Kier alpha value is -4.04. The highest BCUT2D eigenvalue weighted by molar-refractivity contribution is 7.80. The Morgan fingerprint density at radius 2 is 1.78 bits per heavy atom. The van der Waals surface area contributed by atoms with Crippen LogP contribution in [0.25, 0.3) is 5.69 Å².